The Morgan fingerprint density at radius 1 is 0.824 bits per heavy atom. The molecule has 0 amide bonds. The number of hydrogen-bond acceptors (Lipinski definition) is 4. The summed E-state index contributed by atoms with van der Waals surface area (Å²) in [6, 6.07) is 0. The van der Waals surface area contributed by atoms with Crippen molar-refractivity contribution in [1.29, 1.82) is 0 Å². The van der Waals surface area contributed by atoms with E-state index in [1.54, 1.807) is 19.9 Å². The summed E-state index contributed by atoms with van der Waals surface area (Å²) >= 11 is 0. The Balaban J connectivity index is 1.65. The molecule has 0 radical (unpaired) electrons. The van der Waals surface area contributed by atoms with Crippen molar-refractivity contribution < 1.29 is 20.4 Å². The summed E-state index contributed by atoms with van der Waals surface area (Å²) < 4.78 is 0. The molecule has 4 fully saturated rings. The van der Waals surface area contributed by atoms with Gasteiger partial charge in [0.15, 0.2) is 0 Å². The van der Waals surface area contributed by atoms with Gasteiger partial charge in [0.25, 0.3) is 0 Å². The molecule has 0 aromatic carbocycles. The van der Waals surface area contributed by atoms with E-state index in [9.17, 15) is 20.4 Å². The first-order valence-electron chi connectivity index (χ1n) is 13.9. The molecule has 0 spiro atoms. The summed E-state index contributed by atoms with van der Waals surface area (Å²) in [7, 11) is 0. The zero-order valence-corrected chi connectivity index (χ0v) is 23.1. The zero-order valence-electron chi connectivity index (χ0n) is 23.1. The predicted octanol–water partition coefficient (Wildman–Crippen LogP) is 5.47. The van der Waals surface area contributed by atoms with Crippen LogP contribution in [0.4, 0.5) is 0 Å². The average molecular weight is 477 g/mol. The third kappa shape index (κ3) is 3.76. The van der Waals surface area contributed by atoms with E-state index in [2.05, 4.69) is 34.6 Å². The van der Waals surface area contributed by atoms with E-state index in [1.807, 2.05) is 13.0 Å². The van der Waals surface area contributed by atoms with E-state index < -0.39 is 17.3 Å². The summed E-state index contributed by atoms with van der Waals surface area (Å²) in [5.41, 5.74) is -1.65. The number of aliphatic hydroxyl groups is 4. The Labute approximate surface area is 208 Å². The third-order valence-electron chi connectivity index (χ3n) is 12.2. The van der Waals surface area contributed by atoms with Crippen LogP contribution in [0, 0.1) is 45.3 Å². The van der Waals surface area contributed by atoms with Crippen LogP contribution in [0.5, 0.6) is 0 Å². The molecule has 0 heterocycles. The molecule has 0 aromatic rings. The van der Waals surface area contributed by atoms with Gasteiger partial charge < -0.3 is 20.4 Å². The molecule has 0 aliphatic heterocycles. The Morgan fingerprint density at radius 2 is 1.47 bits per heavy atom. The monoisotopic (exact) mass is 476 g/mol. The van der Waals surface area contributed by atoms with E-state index in [4.69, 9.17) is 0 Å². The van der Waals surface area contributed by atoms with Gasteiger partial charge >= 0.3 is 0 Å². The Hall–Kier alpha value is -0.420. The molecule has 4 aliphatic rings. The molecular weight excluding hydrogens is 424 g/mol. The van der Waals surface area contributed by atoms with Gasteiger partial charge in [0.05, 0.1) is 23.4 Å². The van der Waals surface area contributed by atoms with Crippen molar-refractivity contribution in [2.45, 2.75) is 130 Å². The fourth-order valence-corrected chi connectivity index (χ4v) is 10.3. The molecule has 4 N–H and O–H groups in total. The van der Waals surface area contributed by atoms with Gasteiger partial charge in [-0.05, 0) is 112 Å². The summed E-state index contributed by atoms with van der Waals surface area (Å²) in [4.78, 5) is 0. The highest BCUT2D eigenvalue weighted by atomic mass is 16.3. The number of rotatable bonds is 4. The van der Waals surface area contributed by atoms with Crippen molar-refractivity contribution in [3.8, 4) is 0 Å². The van der Waals surface area contributed by atoms with Crippen LogP contribution in [0.15, 0.2) is 12.2 Å². The second kappa shape index (κ2) is 8.04. The summed E-state index contributed by atoms with van der Waals surface area (Å²) in [6.45, 7) is 17.4. The average Bonchev–Trinajstić information content (AvgIpc) is 2.96. The van der Waals surface area contributed by atoms with Gasteiger partial charge in [-0.3, -0.25) is 0 Å². The lowest BCUT2D eigenvalue weighted by Crippen LogP contribution is -2.64. The first-order chi connectivity index (χ1) is 15.4. The topological polar surface area (TPSA) is 80.9 Å². The van der Waals surface area contributed by atoms with Crippen molar-refractivity contribution in [2.75, 3.05) is 0 Å². The van der Waals surface area contributed by atoms with E-state index >= 15 is 0 Å². The highest BCUT2D eigenvalue weighted by molar-refractivity contribution is 5.20. The fraction of sp³-hybridized carbons (Fsp3) is 0.933. The maximum Gasteiger partial charge on any atom is 0.0771 e. The highest BCUT2D eigenvalue weighted by Gasteiger charge is 2.70. The number of aliphatic hydroxyl groups excluding tert-OH is 2. The van der Waals surface area contributed by atoms with Crippen molar-refractivity contribution >= 4 is 0 Å². The van der Waals surface area contributed by atoms with Crippen LogP contribution in [0.1, 0.15) is 107 Å². The van der Waals surface area contributed by atoms with Crippen LogP contribution in [-0.4, -0.2) is 43.8 Å². The molecule has 34 heavy (non-hydrogen) atoms. The van der Waals surface area contributed by atoms with Crippen LogP contribution in [0.25, 0.3) is 0 Å². The summed E-state index contributed by atoms with van der Waals surface area (Å²) in [5.74, 6) is 1.24. The second-order valence-corrected chi connectivity index (χ2v) is 15.0. The Morgan fingerprint density at radius 3 is 2.09 bits per heavy atom. The minimum atomic E-state index is -1.01. The smallest absolute Gasteiger partial charge is 0.0771 e. The quantitative estimate of drug-likeness (QED) is 0.406. The maximum atomic E-state index is 11.6. The van der Waals surface area contributed by atoms with E-state index in [1.165, 1.54) is 0 Å². The van der Waals surface area contributed by atoms with Crippen molar-refractivity contribution in [3.63, 3.8) is 0 Å². The SMILES string of the molecule is CC(C)(O)/C=C/C[C@](C)(O)[C@@H]1[C@H]2CC[C@@H]3[C@@]4(C)CC[C@H](O)C(C)(C)[C@@H]4CC[C@@]3(C)[C@]2(C)C[C@@H]1O. The van der Waals surface area contributed by atoms with Gasteiger partial charge in [-0.2, -0.15) is 0 Å². The third-order valence-corrected chi connectivity index (χ3v) is 12.2. The van der Waals surface area contributed by atoms with Crippen LogP contribution in [0.2, 0.25) is 0 Å². The van der Waals surface area contributed by atoms with Gasteiger partial charge in [0, 0.05) is 5.92 Å². The van der Waals surface area contributed by atoms with Gasteiger partial charge in [-0.15, -0.1) is 0 Å². The molecule has 4 saturated carbocycles. The normalized spacial score (nSPS) is 50.4. The molecule has 0 aromatic heterocycles. The molecule has 4 aliphatic carbocycles. The number of hydrogen-bond donors (Lipinski definition) is 4. The molecule has 4 heteroatoms. The lowest BCUT2D eigenvalue weighted by molar-refractivity contribution is -0.224. The molecule has 196 valence electrons. The number of fused-ring (bicyclic) bond motifs is 5. The van der Waals surface area contributed by atoms with Crippen molar-refractivity contribution in [2.24, 2.45) is 45.3 Å². The van der Waals surface area contributed by atoms with Crippen LogP contribution < -0.4 is 0 Å². The molecule has 0 unspecified atom stereocenters. The Kier molecular flexibility index (Phi) is 6.30. The predicted molar refractivity (Wildman–Crippen MR) is 137 cm³/mol. The van der Waals surface area contributed by atoms with E-state index in [0.29, 0.717) is 18.3 Å². The molecule has 4 nitrogen and oxygen atoms in total. The van der Waals surface area contributed by atoms with Crippen LogP contribution in [0.3, 0.4) is 0 Å². The maximum absolute atomic E-state index is 11.6. The summed E-state index contributed by atoms with van der Waals surface area (Å²) in [6.07, 6.45) is 10.6. The van der Waals surface area contributed by atoms with Gasteiger partial charge in [-0.25, -0.2) is 0 Å². The van der Waals surface area contributed by atoms with Gasteiger partial charge in [-0.1, -0.05) is 46.8 Å². The molecule has 4 rings (SSSR count). The summed E-state index contributed by atoms with van der Waals surface area (Å²) in [5, 5.41) is 44.0. The highest BCUT2D eigenvalue weighted by Crippen LogP contribution is 2.75. The fourth-order valence-electron chi connectivity index (χ4n) is 10.3. The second-order valence-electron chi connectivity index (χ2n) is 15.0. The minimum absolute atomic E-state index is 0.0157. The molecule has 0 bridgehead atoms. The van der Waals surface area contributed by atoms with E-state index in [0.717, 1.165) is 44.9 Å². The largest absolute Gasteiger partial charge is 0.393 e. The van der Waals surface area contributed by atoms with E-state index in [-0.39, 0.29) is 39.6 Å². The van der Waals surface area contributed by atoms with Crippen LogP contribution >= 0.6 is 0 Å². The first kappa shape index (κ1) is 26.6. The lowest BCUT2D eigenvalue weighted by atomic mass is 9.35. The van der Waals surface area contributed by atoms with Gasteiger partial charge in [0.2, 0.25) is 0 Å². The lowest BCUT2D eigenvalue weighted by Gasteiger charge is -2.69. The minimum Gasteiger partial charge on any atom is -0.393 e. The first-order valence-corrected chi connectivity index (χ1v) is 13.9. The standard InChI is InChI=1S/C30H52O4/c1-25(2,33)14-9-15-30(8,34)24-19-10-11-22-27(5)16-13-23(32)26(3,4)21(27)12-17-28(22,6)29(19,7)18-20(24)31/h9,14,19-24,31-34H,10-13,15-18H2,1-8H3/b14-9+/t19-,20+,21+,22-,23+,24-,27+,28-,29-,30+/m1/s1. The van der Waals surface area contributed by atoms with Crippen molar-refractivity contribution in [3.05, 3.63) is 12.2 Å². The molecular formula is C30H52O4. The van der Waals surface area contributed by atoms with Crippen LogP contribution in [-0.2, 0) is 0 Å². The van der Waals surface area contributed by atoms with Crippen molar-refractivity contribution in [1.82, 2.24) is 0 Å². The zero-order chi connectivity index (χ0) is 25.5. The molecule has 0 saturated heterocycles. The molecule has 10 atom stereocenters. The Bertz CT molecular complexity index is 809. The van der Waals surface area contributed by atoms with Gasteiger partial charge in [0.1, 0.15) is 0 Å².